The van der Waals surface area contributed by atoms with Crippen LogP contribution in [0.2, 0.25) is 0 Å². The summed E-state index contributed by atoms with van der Waals surface area (Å²) in [5, 5.41) is 22.4. The van der Waals surface area contributed by atoms with Gasteiger partial charge in [0.25, 0.3) is 5.69 Å². The molecule has 3 rings (SSSR count). The Hall–Kier alpha value is -2.11. The topological polar surface area (TPSA) is 86.5 Å². The number of hydrogen-bond acceptors (Lipinski definition) is 5. The third-order valence-corrected chi connectivity index (χ3v) is 5.13. The molecular weight excluding hydrogens is 296 g/mol. The zero-order valence-corrected chi connectivity index (χ0v) is 13.7. The number of hydrogen-bond donors (Lipinski definition) is 0. The molecule has 6 heteroatoms. The molecule has 2 aliphatic rings. The van der Waals surface area contributed by atoms with Gasteiger partial charge in [0.1, 0.15) is 5.69 Å². The van der Waals surface area contributed by atoms with Crippen molar-refractivity contribution in [1.29, 1.82) is 0 Å². The summed E-state index contributed by atoms with van der Waals surface area (Å²) in [7, 11) is 0. The summed E-state index contributed by atoms with van der Waals surface area (Å²) in [6, 6.07) is 4.32. The van der Waals surface area contributed by atoms with Crippen LogP contribution in [0.4, 0.5) is 11.4 Å². The number of nitrogens with zero attached hydrogens (tertiary/aromatic N) is 2. The molecule has 1 saturated carbocycles. The predicted molar refractivity (Wildman–Crippen MR) is 84.3 cm³/mol. The first kappa shape index (κ1) is 15.8. The maximum absolute atomic E-state index is 11.4. The van der Waals surface area contributed by atoms with Gasteiger partial charge in [-0.3, -0.25) is 10.1 Å². The van der Waals surface area contributed by atoms with Crippen molar-refractivity contribution in [3.05, 3.63) is 33.9 Å². The Bertz CT molecular complexity index is 685. The van der Waals surface area contributed by atoms with Crippen molar-refractivity contribution in [3.8, 4) is 0 Å². The highest BCUT2D eigenvalue weighted by Crippen LogP contribution is 2.54. The summed E-state index contributed by atoms with van der Waals surface area (Å²) in [5.74, 6) is -1.40. The first-order valence-electron chi connectivity index (χ1n) is 7.87. The van der Waals surface area contributed by atoms with Crippen LogP contribution in [0.25, 0.3) is 0 Å². The number of anilines is 1. The molecule has 23 heavy (non-hydrogen) atoms. The fourth-order valence-electron chi connectivity index (χ4n) is 4.78. The van der Waals surface area contributed by atoms with Crippen LogP contribution in [-0.2, 0) is 0 Å². The Labute approximate surface area is 135 Å². The number of benzene rings is 1. The molecule has 0 N–H and O–H groups in total. The van der Waals surface area contributed by atoms with E-state index in [1.165, 1.54) is 6.07 Å². The summed E-state index contributed by atoms with van der Waals surface area (Å²) in [4.78, 5) is 24.0. The number of nitro groups is 1. The number of aromatic carboxylic acids is 1. The lowest BCUT2D eigenvalue weighted by molar-refractivity contribution is -0.384. The standard InChI is InChI=1S/C17H22N2O4/c1-16(2)7-12-8-17(3,9-16)10-18(12)13-5-4-11(15(20)21)6-14(13)19(22)23/h4-6,12H,7-10H2,1-3H3,(H,20,21)/p-1/t12-,17-/m1/s1. The number of carboxylic acid groups (broad SMARTS) is 1. The summed E-state index contributed by atoms with van der Waals surface area (Å²) >= 11 is 0. The summed E-state index contributed by atoms with van der Waals surface area (Å²) in [5.41, 5.74) is 0.570. The molecule has 2 atom stereocenters. The molecule has 2 fully saturated rings. The van der Waals surface area contributed by atoms with Gasteiger partial charge in [-0.15, -0.1) is 0 Å². The van der Waals surface area contributed by atoms with Crippen molar-refractivity contribution in [2.45, 2.75) is 46.1 Å². The second kappa shape index (κ2) is 4.94. The lowest BCUT2D eigenvalue weighted by atomic mass is 9.65. The highest BCUT2D eigenvalue weighted by molar-refractivity contribution is 5.88. The highest BCUT2D eigenvalue weighted by Gasteiger charge is 2.50. The van der Waals surface area contributed by atoms with Crippen molar-refractivity contribution in [1.82, 2.24) is 0 Å². The molecule has 6 nitrogen and oxygen atoms in total. The van der Waals surface area contributed by atoms with Crippen LogP contribution in [0.3, 0.4) is 0 Å². The highest BCUT2D eigenvalue weighted by atomic mass is 16.6. The van der Waals surface area contributed by atoms with Crippen LogP contribution < -0.4 is 10.0 Å². The molecule has 1 aromatic carbocycles. The van der Waals surface area contributed by atoms with E-state index in [1.54, 1.807) is 6.07 Å². The second-order valence-electron chi connectivity index (χ2n) is 8.09. The van der Waals surface area contributed by atoms with Crippen LogP contribution in [0.15, 0.2) is 18.2 Å². The van der Waals surface area contributed by atoms with Crippen LogP contribution in [0.5, 0.6) is 0 Å². The van der Waals surface area contributed by atoms with E-state index in [0.717, 1.165) is 31.9 Å². The molecule has 0 radical (unpaired) electrons. The van der Waals surface area contributed by atoms with Crippen LogP contribution in [0, 0.1) is 20.9 Å². The monoisotopic (exact) mass is 317 g/mol. The van der Waals surface area contributed by atoms with Crippen molar-refractivity contribution >= 4 is 17.3 Å². The molecule has 124 valence electrons. The Morgan fingerprint density at radius 3 is 2.61 bits per heavy atom. The molecule has 2 bridgehead atoms. The van der Waals surface area contributed by atoms with Crippen molar-refractivity contribution in [2.75, 3.05) is 11.4 Å². The fraction of sp³-hybridized carbons (Fsp3) is 0.588. The Morgan fingerprint density at radius 2 is 2.00 bits per heavy atom. The third-order valence-electron chi connectivity index (χ3n) is 5.13. The van der Waals surface area contributed by atoms with Gasteiger partial charge in [-0.05, 0) is 36.2 Å². The number of nitro benzene ring substituents is 1. The van der Waals surface area contributed by atoms with E-state index in [1.807, 2.05) is 0 Å². The molecule has 1 aromatic rings. The molecular formula is C17H21N2O4-. The zero-order valence-electron chi connectivity index (χ0n) is 13.7. The normalized spacial score (nSPS) is 28.7. The number of carbonyl (C=O) groups is 1. The van der Waals surface area contributed by atoms with Gasteiger partial charge in [0.05, 0.1) is 10.9 Å². The lowest BCUT2D eigenvalue weighted by Crippen LogP contribution is -2.35. The summed E-state index contributed by atoms with van der Waals surface area (Å²) in [6.45, 7) is 7.50. The molecule has 0 amide bonds. The van der Waals surface area contributed by atoms with Gasteiger partial charge in [0, 0.05) is 24.2 Å². The molecule has 1 saturated heterocycles. The van der Waals surface area contributed by atoms with Gasteiger partial charge < -0.3 is 14.8 Å². The maximum Gasteiger partial charge on any atom is 0.293 e. The third kappa shape index (κ3) is 2.78. The zero-order chi connectivity index (χ0) is 17.0. The van der Waals surface area contributed by atoms with E-state index in [4.69, 9.17) is 0 Å². The van der Waals surface area contributed by atoms with E-state index >= 15 is 0 Å². The summed E-state index contributed by atoms with van der Waals surface area (Å²) in [6.07, 6.45) is 3.11. The molecule has 0 spiro atoms. The minimum Gasteiger partial charge on any atom is -0.545 e. The van der Waals surface area contributed by atoms with Gasteiger partial charge in [-0.1, -0.05) is 26.8 Å². The Morgan fingerprint density at radius 1 is 1.30 bits per heavy atom. The van der Waals surface area contributed by atoms with Gasteiger partial charge in [0.2, 0.25) is 0 Å². The number of carbonyl (C=O) groups excluding carboxylic acids is 1. The first-order chi connectivity index (χ1) is 10.6. The number of rotatable bonds is 3. The van der Waals surface area contributed by atoms with Gasteiger partial charge in [-0.2, -0.15) is 0 Å². The number of fused-ring (bicyclic) bond motifs is 2. The maximum atomic E-state index is 11.4. The van der Waals surface area contributed by atoms with Gasteiger partial charge in [0.15, 0.2) is 0 Å². The van der Waals surface area contributed by atoms with E-state index in [0.29, 0.717) is 5.69 Å². The van der Waals surface area contributed by atoms with Crippen molar-refractivity contribution < 1.29 is 14.8 Å². The number of carboxylic acids is 1. The SMILES string of the molecule is CC1(C)C[C@@H]2C[C@@](C)(CN2c2ccc(C(=O)[O-])cc2[N+](=O)[O-])C1. The predicted octanol–water partition coefficient (Wildman–Crippen LogP) is 2.36. The Kier molecular flexibility index (Phi) is 3.39. The van der Waals surface area contributed by atoms with Crippen molar-refractivity contribution in [2.24, 2.45) is 10.8 Å². The van der Waals surface area contributed by atoms with E-state index in [9.17, 15) is 20.0 Å². The lowest BCUT2D eigenvalue weighted by Gasteiger charge is -2.39. The van der Waals surface area contributed by atoms with Crippen molar-refractivity contribution in [3.63, 3.8) is 0 Å². The quantitative estimate of drug-likeness (QED) is 0.631. The fourth-order valence-corrected chi connectivity index (χ4v) is 4.78. The second-order valence-corrected chi connectivity index (χ2v) is 8.09. The average Bonchev–Trinajstić information content (AvgIpc) is 2.67. The van der Waals surface area contributed by atoms with E-state index in [-0.39, 0.29) is 28.1 Å². The van der Waals surface area contributed by atoms with E-state index in [2.05, 4.69) is 25.7 Å². The van der Waals surface area contributed by atoms with Gasteiger partial charge in [-0.25, -0.2) is 0 Å². The van der Waals surface area contributed by atoms with Crippen LogP contribution >= 0.6 is 0 Å². The molecule has 1 heterocycles. The average molecular weight is 317 g/mol. The minimum atomic E-state index is -1.40. The van der Waals surface area contributed by atoms with E-state index < -0.39 is 10.9 Å². The van der Waals surface area contributed by atoms with Gasteiger partial charge >= 0.3 is 0 Å². The molecule has 0 aromatic heterocycles. The summed E-state index contributed by atoms with van der Waals surface area (Å²) < 4.78 is 0. The smallest absolute Gasteiger partial charge is 0.293 e. The van der Waals surface area contributed by atoms with Crippen LogP contribution in [0.1, 0.15) is 50.4 Å². The molecule has 1 aliphatic heterocycles. The van der Waals surface area contributed by atoms with Crippen LogP contribution in [-0.4, -0.2) is 23.5 Å². The largest absolute Gasteiger partial charge is 0.545 e. The molecule has 1 aliphatic carbocycles. The molecule has 0 unspecified atom stereocenters. The first-order valence-corrected chi connectivity index (χ1v) is 7.87. The minimum absolute atomic E-state index is 0.146. The Balaban J connectivity index is 2.02.